The number of hydrogen-bond acceptors (Lipinski definition) is 4. The molecule has 0 spiro atoms. The molecule has 0 aromatic rings. The molecule has 142 valence electrons. The van der Waals surface area contributed by atoms with Crippen LogP contribution in [0.2, 0.25) is 0 Å². The third-order valence-electron chi connectivity index (χ3n) is 3.35. The van der Waals surface area contributed by atoms with Gasteiger partial charge in [-0.2, -0.15) is 0 Å². The van der Waals surface area contributed by atoms with Gasteiger partial charge in [0, 0.05) is 12.8 Å². The Kier molecular flexibility index (Phi) is 11.0. The maximum Gasteiger partial charge on any atom is 0.306 e. The van der Waals surface area contributed by atoms with Crippen LogP contribution in [0.5, 0.6) is 0 Å². The van der Waals surface area contributed by atoms with E-state index in [-0.39, 0.29) is 23.1 Å². The molecule has 0 heterocycles. The summed E-state index contributed by atoms with van der Waals surface area (Å²) in [5.74, 6) is -0.186. The van der Waals surface area contributed by atoms with Crippen LogP contribution in [0.15, 0.2) is 0 Å². The van der Waals surface area contributed by atoms with Gasteiger partial charge in [0.25, 0.3) is 0 Å². The van der Waals surface area contributed by atoms with Crippen molar-refractivity contribution in [1.29, 1.82) is 0 Å². The Balaban J connectivity index is 3.37. The number of rotatable bonds is 11. The van der Waals surface area contributed by atoms with Gasteiger partial charge in [-0.1, -0.05) is 38.5 Å². The van der Waals surface area contributed by atoms with Crippen LogP contribution in [-0.4, -0.2) is 23.1 Å². The van der Waals surface area contributed by atoms with Gasteiger partial charge < -0.3 is 9.47 Å². The highest BCUT2D eigenvalue weighted by Crippen LogP contribution is 2.14. The second kappa shape index (κ2) is 11.5. The predicted octanol–water partition coefficient (Wildman–Crippen LogP) is 5.57. The minimum absolute atomic E-state index is 0.0929. The van der Waals surface area contributed by atoms with Crippen LogP contribution >= 0.6 is 0 Å². The van der Waals surface area contributed by atoms with Crippen LogP contribution in [0.25, 0.3) is 0 Å². The van der Waals surface area contributed by atoms with E-state index in [9.17, 15) is 9.59 Å². The van der Waals surface area contributed by atoms with E-state index in [1.807, 2.05) is 41.5 Å². The average Bonchev–Trinajstić information content (AvgIpc) is 2.36. The smallest absolute Gasteiger partial charge is 0.306 e. The van der Waals surface area contributed by atoms with Gasteiger partial charge in [0.05, 0.1) is 0 Å². The summed E-state index contributed by atoms with van der Waals surface area (Å²) >= 11 is 0. The van der Waals surface area contributed by atoms with Crippen LogP contribution in [0.3, 0.4) is 0 Å². The zero-order chi connectivity index (χ0) is 18.6. The summed E-state index contributed by atoms with van der Waals surface area (Å²) < 4.78 is 10.6. The van der Waals surface area contributed by atoms with Crippen molar-refractivity contribution in [2.45, 2.75) is 117 Å². The standard InChI is InChI=1S/C20H38O4/c1-19(2,3)23-17(21)15-13-11-9-7-8-10-12-14-16-18(22)24-20(4,5)6/h7-16H2,1-6H3. The lowest BCUT2D eigenvalue weighted by Gasteiger charge is -2.19. The zero-order valence-electron chi connectivity index (χ0n) is 16.7. The summed E-state index contributed by atoms with van der Waals surface area (Å²) in [5, 5.41) is 0. The maximum absolute atomic E-state index is 11.5. The lowest BCUT2D eigenvalue weighted by molar-refractivity contribution is -0.156. The van der Waals surface area contributed by atoms with Gasteiger partial charge in [0.1, 0.15) is 11.2 Å². The normalized spacial score (nSPS) is 12.1. The van der Waals surface area contributed by atoms with Crippen molar-refractivity contribution in [3.8, 4) is 0 Å². The second-order valence-corrected chi connectivity index (χ2v) is 8.50. The van der Waals surface area contributed by atoms with Crippen molar-refractivity contribution in [2.24, 2.45) is 0 Å². The monoisotopic (exact) mass is 342 g/mol. The Labute approximate surface area is 148 Å². The van der Waals surface area contributed by atoms with Gasteiger partial charge >= 0.3 is 11.9 Å². The summed E-state index contributed by atoms with van der Waals surface area (Å²) in [6, 6.07) is 0. The molecular formula is C20H38O4. The van der Waals surface area contributed by atoms with Crippen molar-refractivity contribution in [2.75, 3.05) is 0 Å². The summed E-state index contributed by atoms with van der Waals surface area (Å²) in [7, 11) is 0. The average molecular weight is 343 g/mol. The molecule has 0 atom stereocenters. The molecule has 0 saturated carbocycles. The number of esters is 2. The van der Waals surface area contributed by atoms with E-state index in [0.29, 0.717) is 12.8 Å². The molecule has 0 saturated heterocycles. The van der Waals surface area contributed by atoms with E-state index >= 15 is 0 Å². The molecule has 0 N–H and O–H groups in total. The highest BCUT2D eigenvalue weighted by molar-refractivity contribution is 5.70. The molecule has 0 bridgehead atoms. The quantitative estimate of drug-likeness (QED) is 0.364. The highest BCUT2D eigenvalue weighted by atomic mass is 16.6. The van der Waals surface area contributed by atoms with E-state index in [1.54, 1.807) is 0 Å². The first kappa shape index (κ1) is 22.9. The highest BCUT2D eigenvalue weighted by Gasteiger charge is 2.16. The number of carbonyl (C=O) groups is 2. The summed E-state index contributed by atoms with van der Waals surface area (Å²) in [4.78, 5) is 23.1. The van der Waals surface area contributed by atoms with E-state index in [2.05, 4.69) is 0 Å². The molecule has 4 heteroatoms. The largest absolute Gasteiger partial charge is 0.460 e. The second-order valence-electron chi connectivity index (χ2n) is 8.50. The summed E-state index contributed by atoms with van der Waals surface area (Å²) in [5.41, 5.74) is -0.757. The van der Waals surface area contributed by atoms with Crippen LogP contribution in [0.4, 0.5) is 0 Å². The lowest BCUT2D eigenvalue weighted by atomic mass is 10.1. The Morgan fingerprint density at radius 1 is 0.542 bits per heavy atom. The van der Waals surface area contributed by atoms with Crippen LogP contribution in [0, 0.1) is 0 Å². The molecule has 4 nitrogen and oxygen atoms in total. The van der Waals surface area contributed by atoms with E-state index in [0.717, 1.165) is 38.5 Å². The molecule has 0 rings (SSSR count). The van der Waals surface area contributed by atoms with E-state index in [4.69, 9.17) is 9.47 Å². The van der Waals surface area contributed by atoms with Gasteiger partial charge in [0.2, 0.25) is 0 Å². The molecule has 0 aliphatic rings. The van der Waals surface area contributed by atoms with Crippen molar-refractivity contribution >= 4 is 11.9 Å². The fraction of sp³-hybridized carbons (Fsp3) is 0.900. The number of hydrogen-bond donors (Lipinski definition) is 0. The molecule has 0 aliphatic carbocycles. The minimum atomic E-state index is -0.379. The fourth-order valence-corrected chi connectivity index (χ4v) is 2.38. The number of ether oxygens (including phenoxy) is 2. The molecule has 0 aromatic carbocycles. The molecule has 0 aromatic heterocycles. The summed E-state index contributed by atoms with van der Waals surface area (Å²) in [6.45, 7) is 11.4. The molecular weight excluding hydrogens is 304 g/mol. The van der Waals surface area contributed by atoms with Gasteiger partial charge in [-0.25, -0.2) is 0 Å². The third kappa shape index (κ3) is 17.3. The molecule has 24 heavy (non-hydrogen) atoms. The topological polar surface area (TPSA) is 52.6 Å². The first-order valence-corrected chi connectivity index (χ1v) is 9.43. The molecule has 0 fully saturated rings. The Bertz CT molecular complexity index is 325. The number of carbonyl (C=O) groups excluding carboxylic acids is 2. The van der Waals surface area contributed by atoms with Gasteiger partial charge in [-0.3, -0.25) is 9.59 Å². The lowest BCUT2D eigenvalue weighted by Crippen LogP contribution is -2.23. The van der Waals surface area contributed by atoms with Crippen molar-refractivity contribution in [3.05, 3.63) is 0 Å². The number of unbranched alkanes of at least 4 members (excludes halogenated alkanes) is 7. The van der Waals surface area contributed by atoms with Gasteiger partial charge in [-0.05, 0) is 54.4 Å². The first-order chi connectivity index (χ1) is 11.0. The van der Waals surface area contributed by atoms with Crippen LogP contribution in [0.1, 0.15) is 106 Å². The first-order valence-electron chi connectivity index (χ1n) is 9.43. The van der Waals surface area contributed by atoms with E-state index < -0.39 is 0 Å². The van der Waals surface area contributed by atoms with Crippen molar-refractivity contribution < 1.29 is 19.1 Å². The fourth-order valence-electron chi connectivity index (χ4n) is 2.38. The zero-order valence-corrected chi connectivity index (χ0v) is 16.7. The van der Waals surface area contributed by atoms with Gasteiger partial charge in [-0.15, -0.1) is 0 Å². The van der Waals surface area contributed by atoms with Crippen molar-refractivity contribution in [3.63, 3.8) is 0 Å². The molecule has 0 radical (unpaired) electrons. The third-order valence-corrected chi connectivity index (χ3v) is 3.35. The maximum atomic E-state index is 11.5. The Morgan fingerprint density at radius 3 is 1.04 bits per heavy atom. The van der Waals surface area contributed by atoms with Crippen molar-refractivity contribution in [1.82, 2.24) is 0 Å². The summed E-state index contributed by atoms with van der Waals surface area (Å²) in [6.07, 6.45) is 9.74. The van der Waals surface area contributed by atoms with Gasteiger partial charge in [0.15, 0.2) is 0 Å². The molecule has 0 unspecified atom stereocenters. The Morgan fingerprint density at radius 2 is 0.792 bits per heavy atom. The molecule has 0 amide bonds. The van der Waals surface area contributed by atoms with Crippen LogP contribution in [-0.2, 0) is 19.1 Å². The SMILES string of the molecule is CC(C)(C)OC(=O)CCCCCCCCCCC(=O)OC(C)(C)C. The minimum Gasteiger partial charge on any atom is -0.460 e. The van der Waals surface area contributed by atoms with E-state index in [1.165, 1.54) is 12.8 Å². The predicted molar refractivity (Wildman–Crippen MR) is 97.9 cm³/mol. The molecule has 0 aliphatic heterocycles. The Hall–Kier alpha value is -1.06. The van der Waals surface area contributed by atoms with Crippen LogP contribution < -0.4 is 0 Å².